The maximum absolute atomic E-state index is 12.2. The van der Waals surface area contributed by atoms with Gasteiger partial charge in [-0.1, -0.05) is 39.1 Å². The lowest BCUT2D eigenvalue weighted by atomic mass is 10.3. The lowest BCUT2D eigenvalue weighted by Crippen LogP contribution is -2.14. The van der Waals surface area contributed by atoms with E-state index >= 15 is 0 Å². The predicted molar refractivity (Wildman–Crippen MR) is 85.8 cm³/mol. The molecular formula is C12H9BrCl2N2O2S. The van der Waals surface area contributed by atoms with E-state index in [1.807, 2.05) is 0 Å². The Morgan fingerprint density at radius 1 is 1.05 bits per heavy atom. The first kappa shape index (κ1) is 15.4. The fourth-order valence-electron chi connectivity index (χ4n) is 1.51. The van der Waals surface area contributed by atoms with Gasteiger partial charge >= 0.3 is 0 Å². The molecule has 106 valence electrons. The lowest BCUT2D eigenvalue weighted by Gasteiger charge is -2.11. The zero-order valence-corrected chi connectivity index (χ0v) is 13.8. The summed E-state index contributed by atoms with van der Waals surface area (Å²) in [5, 5.41) is 0.475. The van der Waals surface area contributed by atoms with Gasteiger partial charge in [0, 0.05) is 14.5 Å². The van der Waals surface area contributed by atoms with Gasteiger partial charge in [-0.25, -0.2) is 8.42 Å². The maximum Gasteiger partial charge on any atom is 0.262 e. The third kappa shape index (κ3) is 3.58. The largest absolute Gasteiger partial charge is 0.397 e. The lowest BCUT2D eigenvalue weighted by molar-refractivity contribution is 0.601. The van der Waals surface area contributed by atoms with E-state index in [0.29, 0.717) is 5.69 Å². The molecule has 4 nitrogen and oxygen atoms in total. The Morgan fingerprint density at radius 3 is 2.20 bits per heavy atom. The van der Waals surface area contributed by atoms with Crippen LogP contribution in [0.25, 0.3) is 0 Å². The number of hydrogen-bond acceptors (Lipinski definition) is 3. The number of nitrogen functional groups attached to an aromatic ring is 1. The normalized spacial score (nSPS) is 11.3. The molecule has 20 heavy (non-hydrogen) atoms. The number of anilines is 2. The van der Waals surface area contributed by atoms with Crippen molar-refractivity contribution in [3.05, 3.63) is 50.9 Å². The van der Waals surface area contributed by atoms with Crippen LogP contribution in [0.15, 0.2) is 45.8 Å². The topological polar surface area (TPSA) is 72.2 Å². The highest BCUT2D eigenvalue weighted by Gasteiger charge is 2.17. The number of sulfonamides is 1. The average molecular weight is 396 g/mol. The molecule has 0 amide bonds. The Labute approximate surface area is 135 Å². The average Bonchev–Trinajstić information content (AvgIpc) is 2.31. The molecular weight excluding hydrogens is 387 g/mol. The summed E-state index contributed by atoms with van der Waals surface area (Å²) in [6, 6.07) is 8.91. The quantitative estimate of drug-likeness (QED) is 0.767. The monoisotopic (exact) mass is 394 g/mol. The van der Waals surface area contributed by atoms with Crippen molar-refractivity contribution in [1.29, 1.82) is 0 Å². The molecule has 0 radical (unpaired) electrons. The van der Waals surface area contributed by atoms with Crippen LogP contribution in [0.2, 0.25) is 10.0 Å². The molecule has 0 saturated heterocycles. The zero-order chi connectivity index (χ0) is 14.9. The maximum atomic E-state index is 12.2. The Morgan fingerprint density at radius 2 is 1.65 bits per heavy atom. The number of nitrogens with two attached hydrogens (primary N) is 1. The van der Waals surface area contributed by atoms with E-state index in [2.05, 4.69) is 20.7 Å². The second kappa shape index (κ2) is 5.81. The molecule has 0 heterocycles. The minimum atomic E-state index is -3.81. The summed E-state index contributed by atoms with van der Waals surface area (Å²) in [5.41, 5.74) is 6.34. The van der Waals surface area contributed by atoms with E-state index in [4.69, 9.17) is 28.9 Å². The molecule has 0 unspecified atom stereocenters. The molecule has 0 spiro atoms. The van der Waals surface area contributed by atoms with E-state index in [9.17, 15) is 8.42 Å². The molecule has 0 aliphatic carbocycles. The van der Waals surface area contributed by atoms with E-state index in [1.54, 1.807) is 18.2 Å². The summed E-state index contributed by atoms with van der Waals surface area (Å²) in [7, 11) is -3.81. The molecule has 8 heteroatoms. The van der Waals surface area contributed by atoms with Gasteiger partial charge in [-0.3, -0.25) is 4.72 Å². The molecule has 2 rings (SSSR count). The number of benzene rings is 2. The minimum Gasteiger partial charge on any atom is -0.397 e. The molecule has 0 bridgehead atoms. The van der Waals surface area contributed by atoms with Crippen LogP contribution in [-0.4, -0.2) is 8.42 Å². The molecule has 0 aliphatic rings. The summed E-state index contributed by atoms with van der Waals surface area (Å²) in [6.07, 6.45) is 0. The van der Waals surface area contributed by atoms with Crippen LogP contribution >= 0.6 is 39.1 Å². The van der Waals surface area contributed by atoms with Gasteiger partial charge < -0.3 is 5.73 Å². The van der Waals surface area contributed by atoms with Crippen molar-refractivity contribution in [1.82, 2.24) is 0 Å². The number of rotatable bonds is 3. The zero-order valence-electron chi connectivity index (χ0n) is 9.90. The molecule has 0 aliphatic heterocycles. The summed E-state index contributed by atoms with van der Waals surface area (Å²) in [5.74, 6) is 0. The van der Waals surface area contributed by atoms with Crippen molar-refractivity contribution in [2.75, 3.05) is 10.5 Å². The first-order valence-corrected chi connectivity index (χ1v) is 8.35. The first-order chi connectivity index (χ1) is 9.28. The fourth-order valence-corrected chi connectivity index (χ4v) is 3.71. The van der Waals surface area contributed by atoms with E-state index in [0.717, 1.165) is 4.47 Å². The summed E-state index contributed by atoms with van der Waals surface area (Å²) in [6.45, 7) is 0. The van der Waals surface area contributed by atoms with Gasteiger partial charge in [0.05, 0.1) is 16.3 Å². The van der Waals surface area contributed by atoms with Crippen LogP contribution in [0.4, 0.5) is 11.4 Å². The van der Waals surface area contributed by atoms with Gasteiger partial charge in [-0.15, -0.1) is 0 Å². The van der Waals surface area contributed by atoms with Crippen LogP contribution in [0.5, 0.6) is 0 Å². The molecule has 0 atom stereocenters. The number of hydrogen-bond donors (Lipinski definition) is 2. The van der Waals surface area contributed by atoms with Crippen molar-refractivity contribution in [3.8, 4) is 0 Å². The van der Waals surface area contributed by atoms with E-state index in [1.165, 1.54) is 18.2 Å². The molecule has 0 aromatic heterocycles. The highest BCUT2D eigenvalue weighted by molar-refractivity contribution is 9.10. The van der Waals surface area contributed by atoms with Crippen molar-refractivity contribution in [2.24, 2.45) is 0 Å². The predicted octanol–water partition coefficient (Wildman–Crippen LogP) is 4.14. The SMILES string of the molecule is Nc1cc(Br)ccc1NS(=O)(=O)c1cc(Cl)cc(Cl)c1. The van der Waals surface area contributed by atoms with Crippen LogP contribution in [0.3, 0.4) is 0 Å². The van der Waals surface area contributed by atoms with Crippen molar-refractivity contribution < 1.29 is 8.42 Å². The molecule has 2 aromatic carbocycles. The van der Waals surface area contributed by atoms with Crippen LogP contribution in [0.1, 0.15) is 0 Å². The molecule has 2 aromatic rings. The summed E-state index contributed by atoms with van der Waals surface area (Å²) < 4.78 is 27.6. The van der Waals surface area contributed by atoms with Gasteiger partial charge in [-0.2, -0.15) is 0 Å². The highest BCUT2D eigenvalue weighted by Crippen LogP contribution is 2.27. The standard InChI is InChI=1S/C12H9BrCl2N2O2S/c13-7-1-2-12(11(16)3-7)17-20(18,19)10-5-8(14)4-9(15)6-10/h1-6,17H,16H2. The van der Waals surface area contributed by atoms with Crippen LogP contribution in [0, 0.1) is 0 Å². The van der Waals surface area contributed by atoms with Crippen molar-refractivity contribution in [3.63, 3.8) is 0 Å². The number of nitrogens with one attached hydrogen (secondary N) is 1. The fraction of sp³-hybridized carbons (Fsp3) is 0. The van der Waals surface area contributed by atoms with Gasteiger partial charge in [0.15, 0.2) is 0 Å². The van der Waals surface area contributed by atoms with Crippen LogP contribution in [-0.2, 0) is 10.0 Å². The highest BCUT2D eigenvalue weighted by atomic mass is 79.9. The smallest absolute Gasteiger partial charge is 0.262 e. The van der Waals surface area contributed by atoms with Crippen molar-refractivity contribution in [2.45, 2.75) is 4.90 Å². The van der Waals surface area contributed by atoms with E-state index < -0.39 is 10.0 Å². The molecule has 0 fully saturated rings. The Hall–Kier alpha value is -0.950. The van der Waals surface area contributed by atoms with Gasteiger partial charge in [0.2, 0.25) is 0 Å². The Bertz CT molecular complexity index is 746. The second-order valence-electron chi connectivity index (χ2n) is 3.94. The number of halogens is 3. The third-order valence-corrected chi connectivity index (χ3v) is 4.68. The van der Waals surface area contributed by atoms with Gasteiger partial charge in [0.1, 0.15) is 0 Å². The van der Waals surface area contributed by atoms with E-state index in [-0.39, 0.29) is 20.6 Å². The summed E-state index contributed by atoms with van der Waals surface area (Å²) >= 11 is 14.9. The molecule has 0 saturated carbocycles. The minimum absolute atomic E-state index is 0.0303. The molecule has 3 N–H and O–H groups in total. The first-order valence-electron chi connectivity index (χ1n) is 5.32. The van der Waals surface area contributed by atoms with Crippen molar-refractivity contribution >= 4 is 60.5 Å². The second-order valence-corrected chi connectivity index (χ2v) is 7.41. The summed E-state index contributed by atoms with van der Waals surface area (Å²) in [4.78, 5) is -0.0303. The Kier molecular flexibility index (Phi) is 4.49. The van der Waals surface area contributed by atoms with Gasteiger partial charge in [0.25, 0.3) is 10.0 Å². The van der Waals surface area contributed by atoms with Crippen LogP contribution < -0.4 is 10.5 Å². The Balaban J connectivity index is 2.40. The van der Waals surface area contributed by atoms with Gasteiger partial charge in [-0.05, 0) is 36.4 Å². The third-order valence-electron chi connectivity index (χ3n) is 2.40.